The molecule has 1 spiro atoms. The van der Waals surface area contributed by atoms with E-state index in [9.17, 15) is 4.79 Å². The van der Waals surface area contributed by atoms with Crippen molar-refractivity contribution in [3.05, 3.63) is 0 Å². The number of urea groups is 1. The van der Waals surface area contributed by atoms with Gasteiger partial charge in [0.05, 0.1) is 0 Å². The van der Waals surface area contributed by atoms with Crippen LogP contribution in [0.25, 0.3) is 0 Å². The van der Waals surface area contributed by atoms with Crippen LogP contribution in [0.5, 0.6) is 0 Å². The second-order valence-corrected chi connectivity index (χ2v) is 7.99. The first-order chi connectivity index (χ1) is 9.22. The molecule has 1 N–H and O–H groups in total. The molecular formula is C15H26N2OS. The molecule has 1 atom stereocenters. The minimum atomic E-state index is 0.190. The molecule has 108 valence electrons. The van der Waals surface area contributed by atoms with E-state index in [1.807, 2.05) is 0 Å². The van der Waals surface area contributed by atoms with Gasteiger partial charge >= 0.3 is 6.03 Å². The number of hydrogen-bond acceptors (Lipinski definition) is 2. The van der Waals surface area contributed by atoms with Gasteiger partial charge in [-0.05, 0) is 44.4 Å². The van der Waals surface area contributed by atoms with Crippen LogP contribution in [0.3, 0.4) is 0 Å². The Morgan fingerprint density at radius 2 is 2.16 bits per heavy atom. The van der Waals surface area contributed by atoms with Gasteiger partial charge in [0, 0.05) is 29.6 Å². The number of carbonyl (C=O) groups excluding carboxylic acids is 1. The van der Waals surface area contributed by atoms with Gasteiger partial charge < -0.3 is 10.2 Å². The van der Waals surface area contributed by atoms with E-state index in [-0.39, 0.29) is 6.03 Å². The number of amides is 2. The van der Waals surface area contributed by atoms with Crippen molar-refractivity contribution < 1.29 is 4.79 Å². The first kappa shape index (κ1) is 13.6. The normalized spacial score (nSPS) is 27.5. The number of rotatable bonds is 3. The second kappa shape index (κ2) is 5.55. The maximum atomic E-state index is 12.4. The average molecular weight is 282 g/mol. The molecule has 0 aromatic heterocycles. The van der Waals surface area contributed by atoms with Gasteiger partial charge in [-0.15, -0.1) is 0 Å². The fourth-order valence-electron chi connectivity index (χ4n) is 3.37. The van der Waals surface area contributed by atoms with Crippen LogP contribution in [0.4, 0.5) is 4.79 Å². The van der Waals surface area contributed by atoms with Gasteiger partial charge in [-0.2, -0.15) is 11.8 Å². The summed E-state index contributed by atoms with van der Waals surface area (Å²) in [4.78, 5) is 14.4. The van der Waals surface area contributed by atoms with Crippen molar-refractivity contribution in [2.75, 3.05) is 18.8 Å². The molecule has 1 unspecified atom stereocenters. The Morgan fingerprint density at radius 3 is 2.74 bits per heavy atom. The topological polar surface area (TPSA) is 32.3 Å². The lowest BCUT2D eigenvalue weighted by molar-refractivity contribution is 0.190. The second-order valence-electron chi connectivity index (χ2n) is 6.42. The summed E-state index contributed by atoms with van der Waals surface area (Å²) in [5.41, 5.74) is 0. The van der Waals surface area contributed by atoms with E-state index in [0.29, 0.717) is 10.8 Å². The van der Waals surface area contributed by atoms with E-state index in [0.717, 1.165) is 31.2 Å². The van der Waals surface area contributed by atoms with Gasteiger partial charge in [-0.3, -0.25) is 0 Å². The van der Waals surface area contributed by atoms with E-state index in [1.54, 1.807) is 0 Å². The lowest BCUT2D eigenvalue weighted by atomic mass is 9.81. The number of thioether (sulfide) groups is 1. The maximum Gasteiger partial charge on any atom is 0.317 e. The van der Waals surface area contributed by atoms with Crippen LogP contribution in [0.2, 0.25) is 0 Å². The van der Waals surface area contributed by atoms with Crippen LogP contribution in [-0.4, -0.2) is 40.6 Å². The van der Waals surface area contributed by atoms with Crippen LogP contribution in [-0.2, 0) is 0 Å². The lowest BCUT2D eigenvalue weighted by Crippen LogP contribution is -2.46. The summed E-state index contributed by atoms with van der Waals surface area (Å²) in [6.07, 6.45) is 9.00. The highest BCUT2D eigenvalue weighted by molar-refractivity contribution is 8.00. The molecule has 1 saturated heterocycles. The number of carbonyl (C=O) groups is 1. The molecule has 3 fully saturated rings. The molecule has 19 heavy (non-hydrogen) atoms. The Bertz CT molecular complexity index is 339. The Kier molecular flexibility index (Phi) is 3.97. The number of nitrogens with one attached hydrogen (secondary N) is 1. The van der Waals surface area contributed by atoms with Crippen LogP contribution in [0.15, 0.2) is 0 Å². The Morgan fingerprint density at radius 1 is 1.37 bits per heavy atom. The fraction of sp³-hybridized carbons (Fsp3) is 0.933. The number of nitrogens with zero attached hydrogens (tertiary/aromatic N) is 1. The highest BCUT2D eigenvalue weighted by atomic mass is 32.2. The van der Waals surface area contributed by atoms with Crippen LogP contribution < -0.4 is 5.32 Å². The molecule has 2 amide bonds. The van der Waals surface area contributed by atoms with Crippen molar-refractivity contribution in [3.8, 4) is 0 Å². The first-order valence-corrected chi connectivity index (χ1v) is 8.90. The quantitative estimate of drug-likeness (QED) is 0.862. The van der Waals surface area contributed by atoms with Gasteiger partial charge in [-0.25, -0.2) is 4.79 Å². The largest absolute Gasteiger partial charge is 0.335 e. The molecule has 1 aliphatic heterocycles. The zero-order valence-corrected chi connectivity index (χ0v) is 12.8. The molecule has 2 saturated carbocycles. The van der Waals surface area contributed by atoms with Crippen LogP contribution >= 0.6 is 11.8 Å². The Labute approximate surface area is 120 Å². The molecule has 3 nitrogen and oxygen atoms in total. The molecule has 3 rings (SSSR count). The van der Waals surface area contributed by atoms with E-state index in [1.165, 1.54) is 38.5 Å². The summed E-state index contributed by atoms with van der Waals surface area (Å²) in [5.74, 6) is 1.88. The smallest absolute Gasteiger partial charge is 0.317 e. The molecule has 3 aliphatic rings. The van der Waals surface area contributed by atoms with E-state index < -0.39 is 0 Å². The Hall–Kier alpha value is -0.380. The van der Waals surface area contributed by atoms with E-state index in [4.69, 9.17) is 0 Å². The van der Waals surface area contributed by atoms with Crippen LogP contribution in [0.1, 0.15) is 51.9 Å². The van der Waals surface area contributed by atoms with Crippen molar-refractivity contribution in [1.82, 2.24) is 10.2 Å². The van der Waals surface area contributed by atoms with Crippen molar-refractivity contribution in [3.63, 3.8) is 0 Å². The summed E-state index contributed by atoms with van der Waals surface area (Å²) in [7, 11) is 0. The average Bonchev–Trinajstić information content (AvgIpc) is 3.19. The van der Waals surface area contributed by atoms with Gasteiger partial charge in [0.25, 0.3) is 0 Å². The predicted octanol–water partition coefficient (Wildman–Crippen LogP) is 3.25. The summed E-state index contributed by atoms with van der Waals surface area (Å²) in [5, 5.41) is 3.27. The minimum Gasteiger partial charge on any atom is -0.335 e. The third kappa shape index (κ3) is 3.04. The van der Waals surface area contributed by atoms with Crippen LogP contribution in [0, 0.1) is 5.92 Å². The summed E-state index contributed by atoms with van der Waals surface area (Å²) < 4.78 is 0.537. The third-order valence-corrected chi connectivity index (χ3v) is 6.71. The van der Waals surface area contributed by atoms with Crippen molar-refractivity contribution in [2.24, 2.45) is 5.92 Å². The zero-order chi connectivity index (χ0) is 13.3. The summed E-state index contributed by atoms with van der Waals surface area (Å²) in [6.45, 7) is 4.07. The molecule has 2 aliphatic carbocycles. The van der Waals surface area contributed by atoms with Gasteiger partial charge in [0.1, 0.15) is 0 Å². The highest BCUT2D eigenvalue weighted by Gasteiger charge is 2.40. The monoisotopic (exact) mass is 282 g/mol. The maximum absolute atomic E-state index is 12.4. The predicted molar refractivity (Wildman–Crippen MR) is 80.6 cm³/mol. The third-order valence-electron chi connectivity index (χ3n) is 5.10. The van der Waals surface area contributed by atoms with Crippen molar-refractivity contribution in [1.29, 1.82) is 0 Å². The Balaban J connectivity index is 1.51. The van der Waals surface area contributed by atoms with Gasteiger partial charge in [0.15, 0.2) is 0 Å². The summed E-state index contributed by atoms with van der Waals surface area (Å²) in [6, 6.07) is 0.608. The van der Waals surface area contributed by atoms with Gasteiger partial charge in [-0.1, -0.05) is 13.3 Å². The molecule has 0 radical (unpaired) electrons. The minimum absolute atomic E-state index is 0.190. The zero-order valence-electron chi connectivity index (χ0n) is 12.0. The van der Waals surface area contributed by atoms with Gasteiger partial charge in [0.2, 0.25) is 0 Å². The van der Waals surface area contributed by atoms with Crippen molar-refractivity contribution >= 4 is 17.8 Å². The van der Waals surface area contributed by atoms with Crippen molar-refractivity contribution in [2.45, 2.75) is 62.7 Å². The first-order valence-electron chi connectivity index (χ1n) is 7.92. The summed E-state index contributed by atoms with van der Waals surface area (Å²) >= 11 is 2.12. The molecule has 0 aromatic rings. The SMILES string of the molecule is CCC(NC(=O)N1CCSC2(CCC2)CC1)C1CC1. The fourth-order valence-corrected chi connectivity index (χ4v) is 4.92. The molecule has 4 heteroatoms. The lowest BCUT2D eigenvalue weighted by Gasteiger charge is -2.40. The molecular weight excluding hydrogens is 256 g/mol. The van der Waals surface area contributed by atoms with E-state index >= 15 is 0 Å². The molecule has 1 heterocycles. The molecule has 0 bridgehead atoms. The molecule has 0 aromatic carbocycles. The standard InChI is InChI=1S/C15H26N2OS/c1-2-13(12-4-5-12)16-14(18)17-9-8-15(6-3-7-15)19-11-10-17/h12-13H,2-11H2,1H3,(H,16,18). The van der Waals surface area contributed by atoms with E-state index in [2.05, 4.69) is 28.9 Å². The number of hydrogen-bond donors (Lipinski definition) is 1. The highest BCUT2D eigenvalue weighted by Crippen LogP contribution is 2.47.